The third kappa shape index (κ3) is 4.92. The molecule has 0 saturated carbocycles. The van der Waals surface area contributed by atoms with Gasteiger partial charge in [-0.25, -0.2) is 4.98 Å². The molecule has 24 heavy (non-hydrogen) atoms. The minimum Gasteiger partial charge on any atom is -0.426 e. The molecule has 3 heteroatoms. The molecular weight excluding hydrogens is 298 g/mol. The van der Waals surface area contributed by atoms with Crippen LogP contribution in [-0.4, -0.2) is 11.0 Å². The van der Waals surface area contributed by atoms with E-state index in [1.165, 1.54) is 39.0 Å². The van der Waals surface area contributed by atoms with Gasteiger partial charge in [-0.2, -0.15) is 0 Å². The molecule has 0 aliphatic rings. The van der Waals surface area contributed by atoms with Crippen molar-refractivity contribution in [2.75, 3.05) is 0 Å². The van der Waals surface area contributed by atoms with Gasteiger partial charge in [0.25, 0.3) is 0 Å². The summed E-state index contributed by atoms with van der Waals surface area (Å²) in [4.78, 5) is 16.2. The number of nitrogens with zero attached hydrogens (tertiary/aromatic N) is 1. The Hall–Kier alpha value is -2.16. The molecule has 2 aromatic rings. The maximum Gasteiger partial charge on any atom is 0.308 e. The fraction of sp³-hybridized carbons (Fsp3) is 0.429. The maximum absolute atomic E-state index is 11.4. The van der Waals surface area contributed by atoms with Gasteiger partial charge in [0.05, 0.1) is 11.2 Å². The second-order valence-electron chi connectivity index (χ2n) is 6.17. The summed E-state index contributed by atoms with van der Waals surface area (Å²) in [5.41, 5.74) is 2.63. The van der Waals surface area contributed by atoms with Gasteiger partial charge >= 0.3 is 5.97 Å². The number of aromatic nitrogens is 1. The summed E-state index contributed by atoms with van der Waals surface area (Å²) in [5.74, 6) is 0.316. The molecule has 0 aliphatic heterocycles. The van der Waals surface area contributed by atoms with E-state index in [0.29, 0.717) is 5.75 Å². The minimum atomic E-state index is -0.305. The minimum absolute atomic E-state index is 0.305. The number of fused-ring (bicyclic) bond motifs is 1. The zero-order chi connectivity index (χ0) is 17.4. The SMILES string of the molecule is CCCCCCC/C=C/c1nc2ccccc2c(OC(C)=O)c1C. The first-order chi connectivity index (χ1) is 11.6. The number of hydrogen-bond acceptors (Lipinski definition) is 3. The van der Waals surface area contributed by atoms with Gasteiger partial charge in [-0.3, -0.25) is 4.79 Å². The molecule has 2 rings (SSSR count). The fourth-order valence-electron chi connectivity index (χ4n) is 2.79. The first-order valence-corrected chi connectivity index (χ1v) is 8.87. The number of hydrogen-bond donors (Lipinski definition) is 0. The van der Waals surface area contributed by atoms with Crippen LogP contribution in [0.3, 0.4) is 0 Å². The number of para-hydroxylation sites is 1. The first-order valence-electron chi connectivity index (χ1n) is 8.87. The van der Waals surface area contributed by atoms with Crippen molar-refractivity contribution in [2.24, 2.45) is 0 Å². The van der Waals surface area contributed by atoms with Crippen molar-refractivity contribution in [1.29, 1.82) is 0 Å². The van der Waals surface area contributed by atoms with Gasteiger partial charge in [0, 0.05) is 17.9 Å². The number of unbranched alkanes of at least 4 members (excludes halogenated alkanes) is 5. The molecule has 0 atom stereocenters. The van der Waals surface area contributed by atoms with Gasteiger partial charge < -0.3 is 4.74 Å². The van der Waals surface area contributed by atoms with Gasteiger partial charge in [-0.15, -0.1) is 0 Å². The zero-order valence-corrected chi connectivity index (χ0v) is 15.0. The Morgan fingerprint density at radius 3 is 2.67 bits per heavy atom. The lowest BCUT2D eigenvalue weighted by molar-refractivity contribution is -0.131. The van der Waals surface area contributed by atoms with Crippen LogP contribution >= 0.6 is 0 Å². The average Bonchev–Trinajstić information content (AvgIpc) is 2.57. The molecule has 128 valence electrons. The number of ether oxygens (including phenoxy) is 1. The van der Waals surface area contributed by atoms with E-state index >= 15 is 0 Å². The Bertz CT molecular complexity index is 719. The molecule has 0 N–H and O–H groups in total. The monoisotopic (exact) mass is 325 g/mol. The largest absolute Gasteiger partial charge is 0.426 e. The van der Waals surface area contributed by atoms with E-state index in [4.69, 9.17) is 9.72 Å². The Morgan fingerprint density at radius 2 is 1.92 bits per heavy atom. The molecule has 0 aliphatic carbocycles. The van der Waals surface area contributed by atoms with Crippen LogP contribution < -0.4 is 4.74 Å². The van der Waals surface area contributed by atoms with Crippen LogP contribution in [-0.2, 0) is 4.79 Å². The molecule has 3 nitrogen and oxygen atoms in total. The van der Waals surface area contributed by atoms with E-state index in [1.807, 2.05) is 31.2 Å². The molecular formula is C21H27NO2. The Labute approximate surface area is 144 Å². The summed E-state index contributed by atoms with van der Waals surface area (Å²) in [6, 6.07) is 7.77. The molecule has 0 bridgehead atoms. The average molecular weight is 325 g/mol. The first kappa shape index (κ1) is 18.2. The highest BCUT2D eigenvalue weighted by molar-refractivity contribution is 5.90. The van der Waals surface area contributed by atoms with Crippen molar-refractivity contribution in [3.05, 3.63) is 41.6 Å². The highest BCUT2D eigenvalue weighted by Gasteiger charge is 2.12. The topological polar surface area (TPSA) is 39.2 Å². The second kappa shape index (κ2) is 9.21. The number of allylic oxidation sites excluding steroid dienone is 1. The van der Waals surface area contributed by atoms with Crippen molar-refractivity contribution in [3.8, 4) is 5.75 Å². The molecule has 1 aromatic carbocycles. The lowest BCUT2D eigenvalue weighted by Crippen LogP contribution is -2.05. The lowest BCUT2D eigenvalue weighted by atomic mass is 10.1. The number of carbonyl (C=O) groups is 1. The van der Waals surface area contributed by atoms with Crippen LogP contribution in [0.4, 0.5) is 0 Å². The highest BCUT2D eigenvalue weighted by Crippen LogP contribution is 2.31. The Kier molecular flexibility index (Phi) is 6.98. The highest BCUT2D eigenvalue weighted by atomic mass is 16.5. The van der Waals surface area contributed by atoms with E-state index in [0.717, 1.165) is 28.6 Å². The third-order valence-electron chi connectivity index (χ3n) is 4.11. The summed E-state index contributed by atoms with van der Waals surface area (Å²) in [6.07, 6.45) is 11.7. The number of carbonyl (C=O) groups excluding carboxylic acids is 1. The predicted octanol–water partition coefficient (Wildman–Crippen LogP) is 5.84. The Morgan fingerprint density at radius 1 is 1.17 bits per heavy atom. The number of esters is 1. The fourth-order valence-corrected chi connectivity index (χ4v) is 2.79. The maximum atomic E-state index is 11.4. The van der Waals surface area contributed by atoms with E-state index in [2.05, 4.69) is 19.1 Å². The molecule has 0 radical (unpaired) electrons. The summed E-state index contributed by atoms with van der Waals surface area (Å²) >= 11 is 0. The van der Waals surface area contributed by atoms with Crippen LogP contribution in [0.2, 0.25) is 0 Å². The zero-order valence-electron chi connectivity index (χ0n) is 15.0. The number of pyridine rings is 1. The number of benzene rings is 1. The summed E-state index contributed by atoms with van der Waals surface area (Å²) in [7, 11) is 0. The van der Waals surface area contributed by atoms with Crippen molar-refractivity contribution >= 4 is 22.9 Å². The van der Waals surface area contributed by atoms with Crippen molar-refractivity contribution in [3.63, 3.8) is 0 Å². The van der Waals surface area contributed by atoms with Crippen molar-refractivity contribution in [1.82, 2.24) is 4.98 Å². The van der Waals surface area contributed by atoms with Crippen LogP contribution in [0.1, 0.15) is 63.6 Å². The van der Waals surface area contributed by atoms with E-state index < -0.39 is 0 Å². The molecule has 0 spiro atoms. The summed E-state index contributed by atoms with van der Waals surface area (Å²) in [5, 5.41) is 0.877. The molecule has 0 amide bonds. The van der Waals surface area contributed by atoms with Gasteiger partial charge in [0.1, 0.15) is 5.75 Å². The lowest BCUT2D eigenvalue weighted by Gasteiger charge is -2.11. The summed E-state index contributed by atoms with van der Waals surface area (Å²) in [6.45, 7) is 5.62. The summed E-state index contributed by atoms with van der Waals surface area (Å²) < 4.78 is 5.46. The van der Waals surface area contributed by atoms with E-state index in [-0.39, 0.29) is 5.97 Å². The smallest absolute Gasteiger partial charge is 0.308 e. The van der Waals surface area contributed by atoms with E-state index in [9.17, 15) is 4.79 Å². The van der Waals surface area contributed by atoms with Gasteiger partial charge in [-0.05, 0) is 38.0 Å². The second-order valence-corrected chi connectivity index (χ2v) is 6.17. The van der Waals surface area contributed by atoms with Gasteiger partial charge in [-0.1, -0.05) is 50.8 Å². The quantitative estimate of drug-likeness (QED) is 0.452. The molecule has 0 saturated heterocycles. The van der Waals surface area contributed by atoms with Crippen molar-refractivity contribution < 1.29 is 9.53 Å². The van der Waals surface area contributed by atoms with E-state index in [1.54, 1.807) is 0 Å². The van der Waals surface area contributed by atoms with Gasteiger partial charge in [0.15, 0.2) is 0 Å². The normalized spacial score (nSPS) is 11.3. The molecule has 1 heterocycles. The molecule has 0 unspecified atom stereocenters. The van der Waals surface area contributed by atoms with Crippen molar-refractivity contribution in [2.45, 2.75) is 59.3 Å². The van der Waals surface area contributed by atoms with Crippen LogP contribution in [0.5, 0.6) is 5.75 Å². The predicted molar refractivity (Wildman–Crippen MR) is 100 cm³/mol. The third-order valence-corrected chi connectivity index (χ3v) is 4.11. The standard InChI is InChI=1S/C21H27NO2/c1-4-5-6-7-8-9-10-14-19-16(2)21(24-17(3)23)18-13-11-12-15-20(18)22-19/h10-15H,4-9H2,1-3H3/b14-10+. The number of rotatable bonds is 8. The Balaban J connectivity index is 2.17. The van der Waals surface area contributed by atoms with Crippen LogP contribution in [0, 0.1) is 6.92 Å². The van der Waals surface area contributed by atoms with Gasteiger partial charge in [0.2, 0.25) is 0 Å². The van der Waals surface area contributed by atoms with Crippen LogP contribution in [0.15, 0.2) is 30.3 Å². The molecule has 0 fully saturated rings. The molecule has 1 aromatic heterocycles. The van der Waals surface area contributed by atoms with Crippen LogP contribution in [0.25, 0.3) is 17.0 Å².